The number of halogens is 2. The van der Waals surface area contributed by atoms with Crippen LogP contribution in [0.5, 0.6) is 0 Å². The van der Waals surface area contributed by atoms with E-state index in [-0.39, 0.29) is 0 Å². The first-order chi connectivity index (χ1) is 7.80. The number of hydrogen-bond donors (Lipinski definition) is 2. The lowest BCUT2D eigenvalue weighted by Gasteiger charge is -2.27. The third-order valence-corrected chi connectivity index (χ3v) is 2.82. The molecule has 0 aromatic carbocycles. The van der Waals surface area contributed by atoms with Crippen LogP contribution in [-0.2, 0) is 0 Å². The average Bonchev–Trinajstić information content (AvgIpc) is 2.14. The monoisotopic (exact) mass is 321 g/mol. The Morgan fingerprint density at radius 2 is 2.24 bits per heavy atom. The molecule has 0 amide bonds. The van der Waals surface area contributed by atoms with E-state index < -0.39 is 5.60 Å². The highest BCUT2D eigenvalue weighted by atomic mass is 79.9. The van der Waals surface area contributed by atoms with E-state index in [9.17, 15) is 5.11 Å². The van der Waals surface area contributed by atoms with Gasteiger partial charge in [-0.1, -0.05) is 11.6 Å². The molecule has 1 atom stereocenters. The highest BCUT2D eigenvalue weighted by Gasteiger charge is 2.21. The van der Waals surface area contributed by atoms with Gasteiger partial charge >= 0.3 is 0 Å². The minimum absolute atomic E-state index is 0.388. The molecule has 2 N–H and O–H groups in total. The van der Waals surface area contributed by atoms with E-state index in [1.165, 1.54) is 0 Å². The van der Waals surface area contributed by atoms with Crippen molar-refractivity contribution >= 4 is 33.3 Å². The molecular weight excluding hydrogens is 305 g/mol. The van der Waals surface area contributed by atoms with Crippen molar-refractivity contribution in [2.75, 3.05) is 32.5 Å². The fourth-order valence-electron chi connectivity index (χ4n) is 1.56. The molecule has 0 bridgehead atoms. The maximum atomic E-state index is 10.1. The summed E-state index contributed by atoms with van der Waals surface area (Å²) in [4.78, 5) is 6.07. The maximum absolute atomic E-state index is 10.1. The SMILES string of the molecule is CN(C)CC(C)(O)CNc1ncc(Br)cc1Cl. The second-order valence-electron chi connectivity index (χ2n) is 4.57. The van der Waals surface area contributed by atoms with Crippen LogP contribution < -0.4 is 5.32 Å². The molecule has 1 rings (SSSR count). The number of likely N-dealkylation sites (N-methyl/N-ethyl adjacent to an activating group) is 1. The van der Waals surface area contributed by atoms with Crippen molar-refractivity contribution in [2.24, 2.45) is 0 Å². The van der Waals surface area contributed by atoms with Gasteiger partial charge in [-0.25, -0.2) is 4.98 Å². The second-order valence-corrected chi connectivity index (χ2v) is 5.90. The van der Waals surface area contributed by atoms with Crippen LogP contribution in [0.15, 0.2) is 16.7 Å². The van der Waals surface area contributed by atoms with Crippen LogP contribution in [-0.4, -0.2) is 47.8 Å². The molecule has 0 saturated carbocycles. The fraction of sp³-hybridized carbons (Fsp3) is 0.545. The largest absolute Gasteiger partial charge is 0.387 e. The van der Waals surface area contributed by atoms with Gasteiger partial charge in [0, 0.05) is 23.8 Å². The number of nitrogens with zero attached hydrogens (tertiary/aromatic N) is 2. The summed E-state index contributed by atoms with van der Waals surface area (Å²) in [6, 6.07) is 1.76. The zero-order valence-electron chi connectivity index (χ0n) is 10.2. The lowest BCUT2D eigenvalue weighted by molar-refractivity contribution is 0.0459. The van der Waals surface area contributed by atoms with E-state index in [0.29, 0.717) is 23.9 Å². The van der Waals surface area contributed by atoms with Gasteiger partial charge in [0.05, 0.1) is 10.6 Å². The first-order valence-electron chi connectivity index (χ1n) is 5.22. The zero-order chi connectivity index (χ0) is 13.1. The lowest BCUT2D eigenvalue weighted by atomic mass is 10.1. The third-order valence-electron chi connectivity index (χ3n) is 2.10. The number of aromatic nitrogens is 1. The van der Waals surface area contributed by atoms with Crippen molar-refractivity contribution in [3.63, 3.8) is 0 Å². The van der Waals surface area contributed by atoms with Gasteiger partial charge in [-0.3, -0.25) is 0 Å². The Labute approximate surface area is 115 Å². The minimum atomic E-state index is -0.832. The van der Waals surface area contributed by atoms with Crippen LogP contribution in [0.4, 0.5) is 5.82 Å². The summed E-state index contributed by atoms with van der Waals surface area (Å²) in [5.74, 6) is 0.578. The molecule has 0 saturated heterocycles. The molecular formula is C11H17BrClN3O. The van der Waals surface area contributed by atoms with Crippen LogP contribution in [0.2, 0.25) is 5.02 Å². The molecule has 6 heteroatoms. The first kappa shape index (κ1) is 14.7. The predicted octanol–water partition coefficient (Wildman–Crippen LogP) is 2.22. The molecule has 1 heterocycles. The third kappa shape index (κ3) is 5.21. The first-order valence-corrected chi connectivity index (χ1v) is 6.39. The van der Waals surface area contributed by atoms with Crippen molar-refractivity contribution in [1.29, 1.82) is 0 Å². The normalized spacial score (nSPS) is 14.8. The summed E-state index contributed by atoms with van der Waals surface area (Å²) in [6.07, 6.45) is 1.66. The summed E-state index contributed by atoms with van der Waals surface area (Å²) in [7, 11) is 3.83. The Bertz CT molecular complexity index is 385. The van der Waals surface area contributed by atoms with Gasteiger partial charge in [0.2, 0.25) is 0 Å². The van der Waals surface area contributed by atoms with Crippen LogP contribution in [0.3, 0.4) is 0 Å². The Morgan fingerprint density at radius 3 is 2.76 bits per heavy atom. The van der Waals surface area contributed by atoms with Crippen molar-refractivity contribution in [2.45, 2.75) is 12.5 Å². The van der Waals surface area contributed by atoms with Gasteiger partial charge in [0.1, 0.15) is 5.82 Å². The zero-order valence-corrected chi connectivity index (χ0v) is 12.5. The average molecular weight is 323 g/mol. The molecule has 0 aliphatic rings. The number of nitrogens with one attached hydrogen (secondary N) is 1. The lowest BCUT2D eigenvalue weighted by Crippen LogP contribution is -2.43. The summed E-state index contributed by atoms with van der Waals surface area (Å²) < 4.78 is 0.827. The van der Waals surface area contributed by atoms with Crippen LogP contribution in [0.1, 0.15) is 6.92 Å². The van der Waals surface area contributed by atoms with E-state index in [2.05, 4.69) is 26.2 Å². The van der Waals surface area contributed by atoms with Crippen molar-refractivity contribution < 1.29 is 5.11 Å². The molecule has 0 fully saturated rings. The summed E-state index contributed by atoms with van der Waals surface area (Å²) >= 11 is 9.31. The van der Waals surface area contributed by atoms with E-state index in [1.54, 1.807) is 19.2 Å². The van der Waals surface area contributed by atoms with Crippen LogP contribution >= 0.6 is 27.5 Å². The fourth-order valence-corrected chi connectivity index (χ4v) is 2.25. The topological polar surface area (TPSA) is 48.4 Å². The molecule has 0 aliphatic carbocycles. The van der Waals surface area contributed by atoms with Crippen molar-refractivity contribution in [3.05, 3.63) is 21.8 Å². The van der Waals surface area contributed by atoms with E-state index in [4.69, 9.17) is 11.6 Å². The van der Waals surface area contributed by atoms with E-state index in [1.807, 2.05) is 19.0 Å². The predicted molar refractivity (Wildman–Crippen MR) is 74.6 cm³/mol. The molecule has 1 aromatic rings. The maximum Gasteiger partial charge on any atom is 0.144 e. The quantitative estimate of drug-likeness (QED) is 0.873. The summed E-state index contributed by atoms with van der Waals surface area (Å²) in [6.45, 7) is 2.72. The minimum Gasteiger partial charge on any atom is -0.387 e. The smallest absolute Gasteiger partial charge is 0.144 e. The van der Waals surface area contributed by atoms with Crippen molar-refractivity contribution in [1.82, 2.24) is 9.88 Å². The van der Waals surface area contributed by atoms with E-state index in [0.717, 1.165) is 4.47 Å². The van der Waals surface area contributed by atoms with Crippen molar-refractivity contribution in [3.8, 4) is 0 Å². The van der Waals surface area contributed by atoms with Crippen LogP contribution in [0, 0.1) is 0 Å². The Hall–Kier alpha value is -0.360. The molecule has 0 spiro atoms. The number of rotatable bonds is 5. The Morgan fingerprint density at radius 1 is 1.59 bits per heavy atom. The molecule has 1 unspecified atom stereocenters. The van der Waals surface area contributed by atoms with Crippen LogP contribution in [0.25, 0.3) is 0 Å². The summed E-state index contributed by atoms with van der Waals surface area (Å²) in [5, 5.41) is 13.7. The molecule has 0 radical (unpaired) electrons. The number of hydrogen-bond acceptors (Lipinski definition) is 4. The van der Waals surface area contributed by atoms with Gasteiger partial charge in [-0.2, -0.15) is 0 Å². The molecule has 0 aliphatic heterocycles. The number of anilines is 1. The van der Waals surface area contributed by atoms with Gasteiger partial charge in [-0.15, -0.1) is 0 Å². The number of pyridine rings is 1. The highest BCUT2D eigenvalue weighted by Crippen LogP contribution is 2.23. The Balaban J connectivity index is 2.61. The molecule has 4 nitrogen and oxygen atoms in total. The van der Waals surface area contributed by atoms with Gasteiger partial charge < -0.3 is 15.3 Å². The standard InChI is InChI=1S/C11H17BrClN3O/c1-11(17,7-16(2)3)6-15-10-9(13)4-8(12)5-14-10/h4-5,17H,6-7H2,1-3H3,(H,14,15). The molecule has 1 aromatic heterocycles. The number of aliphatic hydroxyl groups is 1. The molecule has 96 valence electrons. The van der Waals surface area contributed by atoms with Gasteiger partial charge in [0.25, 0.3) is 0 Å². The van der Waals surface area contributed by atoms with E-state index >= 15 is 0 Å². The van der Waals surface area contributed by atoms with Gasteiger partial charge in [-0.05, 0) is 43.0 Å². The second kappa shape index (κ2) is 6.00. The molecule has 17 heavy (non-hydrogen) atoms. The highest BCUT2D eigenvalue weighted by molar-refractivity contribution is 9.10. The van der Waals surface area contributed by atoms with Gasteiger partial charge in [0.15, 0.2) is 0 Å². The summed E-state index contributed by atoms with van der Waals surface area (Å²) in [5.41, 5.74) is -0.832. The Kier molecular flexibility index (Phi) is 5.19.